The Kier molecular flexibility index (Phi) is 5.43. The zero-order valence-electron chi connectivity index (χ0n) is 13.9. The van der Waals surface area contributed by atoms with Gasteiger partial charge in [-0.15, -0.1) is 0 Å². The number of benzene rings is 1. The first-order chi connectivity index (χ1) is 10.5. The van der Waals surface area contributed by atoms with E-state index < -0.39 is 0 Å². The molecule has 0 spiro atoms. The number of aliphatic hydroxyl groups excluding tert-OH is 1. The van der Waals surface area contributed by atoms with Gasteiger partial charge in [-0.3, -0.25) is 0 Å². The van der Waals surface area contributed by atoms with E-state index in [1.165, 1.54) is 33.4 Å². The van der Waals surface area contributed by atoms with Crippen molar-refractivity contribution in [1.82, 2.24) is 0 Å². The molecule has 0 aliphatic heterocycles. The molecular weight excluding hydrogens is 268 g/mol. The maximum atomic E-state index is 9.91. The van der Waals surface area contributed by atoms with Gasteiger partial charge in [0.05, 0.1) is 5.76 Å². The summed E-state index contributed by atoms with van der Waals surface area (Å²) in [5, 5.41) is 9.91. The second-order valence-electron chi connectivity index (χ2n) is 6.41. The van der Waals surface area contributed by atoms with Crippen LogP contribution < -0.4 is 0 Å². The molecule has 2 rings (SSSR count). The van der Waals surface area contributed by atoms with E-state index in [0.717, 1.165) is 19.3 Å². The summed E-state index contributed by atoms with van der Waals surface area (Å²) in [6, 6.07) is 10.4. The molecule has 0 saturated heterocycles. The van der Waals surface area contributed by atoms with Gasteiger partial charge in [0, 0.05) is 6.42 Å². The molecule has 1 heteroatoms. The molecule has 0 radical (unpaired) electrons. The summed E-state index contributed by atoms with van der Waals surface area (Å²) in [5.41, 5.74) is 7.88. The number of rotatable bonds is 5. The number of aliphatic hydroxyl groups is 1. The normalized spacial score (nSPS) is 14.6. The van der Waals surface area contributed by atoms with Crippen molar-refractivity contribution in [2.75, 3.05) is 0 Å². The van der Waals surface area contributed by atoms with Gasteiger partial charge in [-0.2, -0.15) is 0 Å². The zero-order chi connectivity index (χ0) is 16.1. The molecule has 1 nitrogen and oxygen atoms in total. The standard InChI is InChI=1S/C21H26O/c1-15(2)17(4)12-16(3)13-19-10-11-20(22)14-21(19)18-8-6-5-7-9-18/h5-9,11,22H,3,10,12-14H2,1-2,4H3. The second-order valence-corrected chi connectivity index (χ2v) is 6.41. The smallest absolute Gasteiger partial charge is 0.0930 e. The average Bonchev–Trinajstić information content (AvgIpc) is 2.49. The summed E-state index contributed by atoms with van der Waals surface area (Å²) in [5.74, 6) is 0.480. The first-order valence-electron chi connectivity index (χ1n) is 7.91. The Hall–Kier alpha value is -2.02. The Balaban J connectivity index is 2.22. The lowest BCUT2D eigenvalue weighted by Crippen LogP contribution is -2.01. The minimum absolute atomic E-state index is 0.480. The predicted molar refractivity (Wildman–Crippen MR) is 95.7 cm³/mol. The molecule has 1 aliphatic carbocycles. The Morgan fingerprint density at radius 3 is 2.45 bits per heavy atom. The van der Waals surface area contributed by atoms with E-state index in [4.69, 9.17) is 0 Å². The summed E-state index contributed by atoms with van der Waals surface area (Å²) in [7, 11) is 0. The highest BCUT2D eigenvalue weighted by Crippen LogP contribution is 2.35. The summed E-state index contributed by atoms with van der Waals surface area (Å²) in [6.45, 7) is 10.7. The quantitative estimate of drug-likeness (QED) is 0.626. The van der Waals surface area contributed by atoms with Crippen LogP contribution in [0.2, 0.25) is 0 Å². The second kappa shape index (κ2) is 7.31. The largest absolute Gasteiger partial charge is 0.512 e. The average molecular weight is 294 g/mol. The molecule has 0 bridgehead atoms. The van der Waals surface area contributed by atoms with E-state index in [9.17, 15) is 5.11 Å². The van der Waals surface area contributed by atoms with Crippen LogP contribution in [0.15, 0.2) is 71.0 Å². The van der Waals surface area contributed by atoms with Gasteiger partial charge < -0.3 is 5.11 Å². The van der Waals surface area contributed by atoms with E-state index in [0.29, 0.717) is 12.2 Å². The van der Waals surface area contributed by atoms with Crippen LogP contribution in [0.5, 0.6) is 0 Å². The van der Waals surface area contributed by atoms with E-state index in [-0.39, 0.29) is 0 Å². The molecular formula is C21H26O. The van der Waals surface area contributed by atoms with Crippen molar-refractivity contribution in [2.45, 2.75) is 46.5 Å². The maximum absolute atomic E-state index is 9.91. The third-order valence-corrected chi connectivity index (χ3v) is 4.32. The lowest BCUT2D eigenvalue weighted by atomic mass is 9.86. The fourth-order valence-electron chi connectivity index (χ4n) is 2.78. The molecule has 0 unspecified atom stereocenters. The van der Waals surface area contributed by atoms with Gasteiger partial charge in [0.25, 0.3) is 0 Å². The van der Waals surface area contributed by atoms with Crippen molar-refractivity contribution in [3.8, 4) is 0 Å². The summed E-state index contributed by atoms with van der Waals surface area (Å²) in [6.07, 6.45) is 5.27. The lowest BCUT2D eigenvalue weighted by molar-refractivity contribution is 0.398. The minimum Gasteiger partial charge on any atom is -0.512 e. The number of hydrogen-bond donors (Lipinski definition) is 1. The van der Waals surface area contributed by atoms with Crippen molar-refractivity contribution >= 4 is 5.57 Å². The molecule has 1 aromatic carbocycles. The van der Waals surface area contributed by atoms with Gasteiger partial charge in [-0.05, 0) is 57.2 Å². The van der Waals surface area contributed by atoms with Crippen LogP contribution in [0.3, 0.4) is 0 Å². The van der Waals surface area contributed by atoms with Crippen LogP contribution in [-0.4, -0.2) is 5.11 Å². The topological polar surface area (TPSA) is 20.2 Å². The van der Waals surface area contributed by atoms with Gasteiger partial charge in [0.1, 0.15) is 0 Å². The van der Waals surface area contributed by atoms with Gasteiger partial charge in [0.2, 0.25) is 0 Å². The van der Waals surface area contributed by atoms with Gasteiger partial charge in [0.15, 0.2) is 0 Å². The molecule has 0 atom stereocenters. The summed E-state index contributed by atoms with van der Waals surface area (Å²) >= 11 is 0. The maximum Gasteiger partial charge on any atom is 0.0930 e. The molecule has 1 N–H and O–H groups in total. The lowest BCUT2D eigenvalue weighted by Gasteiger charge is -2.20. The summed E-state index contributed by atoms with van der Waals surface area (Å²) < 4.78 is 0. The van der Waals surface area contributed by atoms with Gasteiger partial charge >= 0.3 is 0 Å². The van der Waals surface area contributed by atoms with Crippen LogP contribution in [-0.2, 0) is 0 Å². The number of allylic oxidation sites excluding steroid dienone is 6. The van der Waals surface area contributed by atoms with Crippen LogP contribution in [0.1, 0.15) is 52.0 Å². The SMILES string of the molecule is C=C(CC(C)=C(C)C)CC1=C(c2ccccc2)CC(O)=CC1. The first kappa shape index (κ1) is 16.4. The molecule has 0 fully saturated rings. The summed E-state index contributed by atoms with van der Waals surface area (Å²) in [4.78, 5) is 0. The molecule has 0 aromatic heterocycles. The van der Waals surface area contributed by atoms with Crippen LogP contribution in [0.25, 0.3) is 5.57 Å². The zero-order valence-corrected chi connectivity index (χ0v) is 13.9. The Morgan fingerprint density at radius 2 is 1.82 bits per heavy atom. The fourth-order valence-corrected chi connectivity index (χ4v) is 2.78. The molecule has 0 amide bonds. The molecule has 0 saturated carbocycles. The Morgan fingerprint density at radius 1 is 1.14 bits per heavy atom. The van der Waals surface area contributed by atoms with E-state index in [1.54, 1.807) is 0 Å². The fraction of sp³-hybridized carbons (Fsp3) is 0.333. The van der Waals surface area contributed by atoms with Gasteiger partial charge in [-0.1, -0.05) is 59.2 Å². The third kappa shape index (κ3) is 4.24. The van der Waals surface area contributed by atoms with Crippen molar-refractivity contribution in [3.05, 3.63) is 76.6 Å². The monoisotopic (exact) mass is 294 g/mol. The van der Waals surface area contributed by atoms with Crippen LogP contribution in [0.4, 0.5) is 0 Å². The minimum atomic E-state index is 0.480. The predicted octanol–water partition coefficient (Wildman–Crippen LogP) is 6.37. The van der Waals surface area contributed by atoms with Crippen molar-refractivity contribution in [3.63, 3.8) is 0 Å². The molecule has 116 valence electrons. The van der Waals surface area contributed by atoms with Gasteiger partial charge in [-0.25, -0.2) is 0 Å². The van der Waals surface area contributed by atoms with Crippen molar-refractivity contribution < 1.29 is 5.11 Å². The molecule has 1 aromatic rings. The van der Waals surface area contributed by atoms with Crippen LogP contribution in [0, 0.1) is 0 Å². The molecule has 1 aliphatic rings. The highest BCUT2D eigenvalue weighted by molar-refractivity contribution is 5.72. The number of hydrogen-bond acceptors (Lipinski definition) is 1. The van der Waals surface area contributed by atoms with E-state index in [2.05, 4.69) is 51.6 Å². The Labute approximate surface area is 134 Å². The van der Waals surface area contributed by atoms with Crippen molar-refractivity contribution in [2.24, 2.45) is 0 Å². The molecule has 22 heavy (non-hydrogen) atoms. The third-order valence-electron chi connectivity index (χ3n) is 4.32. The highest BCUT2D eigenvalue weighted by Gasteiger charge is 2.16. The first-order valence-corrected chi connectivity index (χ1v) is 7.91. The van der Waals surface area contributed by atoms with E-state index in [1.807, 2.05) is 12.1 Å². The van der Waals surface area contributed by atoms with E-state index >= 15 is 0 Å². The van der Waals surface area contributed by atoms with Crippen LogP contribution >= 0.6 is 0 Å². The highest BCUT2D eigenvalue weighted by atomic mass is 16.3. The Bertz CT molecular complexity index is 638. The molecule has 0 heterocycles. The van der Waals surface area contributed by atoms with Crippen molar-refractivity contribution in [1.29, 1.82) is 0 Å².